The van der Waals surface area contributed by atoms with E-state index in [4.69, 9.17) is 9.47 Å². The second kappa shape index (κ2) is 6.18. The summed E-state index contributed by atoms with van der Waals surface area (Å²) < 4.78 is 10.8. The van der Waals surface area contributed by atoms with Gasteiger partial charge in [0.2, 0.25) is 0 Å². The first-order chi connectivity index (χ1) is 11.0. The summed E-state index contributed by atoms with van der Waals surface area (Å²) in [5.74, 6) is -2.79. The molecule has 130 valence electrons. The first kappa shape index (κ1) is 17.8. The Hall–Kier alpha value is -2.51. The van der Waals surface area contributed by atoms with Gasteiger partial charge < -0.3 is 14.5 Å². The van der Waals surface area contributed by atoms with E-state index in [0.29, 0.717) is 11.2 Å². The van der Waals surface area contributed by atoms with Gasteiger partial charge in [0.25, 0.3) is 0 Å². The van der Waals surface area contributed by atoms with Crippen LogP contribution in [0.2, 0.25) is 0 Å². The fourth-order valence-electron chi connectivity index (χ4n) is 2.04. The molecule has 8 heteroatoms. The second-order valence-corrected chi connectivity index (χ2v) is 7.36. The fraction of sp³-hybridized carbons (Fsp3) is 0.562. The third-order valence-corrected chi connectivity index (χ3v) is 2.81. The summed E-state index contributed by atoms with van der Waals surface area (Å²) in [6.07, 6.45) is 2.67. The molecular weight excluding hydrogens is 312 g/mol. The van der Waals surface area contributed by atoms with Crippen LogP contribution in [0.4, 0.5) is 0 Å². The highest BCUT2D eigenvalue weighted by molar-refractivity contribution is 6.03. The number of rotatable bonds is 3. The molecule has 0 atom stereocenters. The highest BCUT2D eigenvalue weighted by atomic mass is 16.6. The van der Waals surface area contributed by atoms with E-state index in [2.05, 4.69) is 19.9 Å². The van der Waals surface area contributed by atoms with Gasteiger partial charge in [-0.15, -0.1) is 0 Å². The van der Waals surface area contributed by atoms with Crippen molar-refractivity contribution in [2.75, 3.05) is 0 Å². The van der Waals surface area contributed by atoms with Crippen LogP contribution >= 0.6 is 0 Å². The quantitative estimate of drug-likeness (QED) is 0.676. The van der Waals surface area contributed by atoms with Crippen molar-refractivity contribution < 1.29 is 19.1 Å². The van der Waals surface area contributed by atoms with Crippen LogP contribution in [0.3, 0.4) is 0 Å². The van der Waals surface area contributed by atoms with Crippen molar-refractivity contribution in [1.82, 2.24) is 19.9 Å². The molecule has 0 saturated carbocycles. The predicted molar refractivity (Wildman–Crippen MR) is 86.1 cm³/mol. The van der Waals surface area contributed by atoms with Crippen molar-refractivity contribution in [3.8, 4) is 0 Å². The van der Waals surface area contributed by atoms with Gasteiger partial charge in [0.1, 0.15) is 23.0 Å². The average Bonchev–Trinajstić information content (AvgIpc) is 2.83. The monoisotopic (exact) mass is 334 g/mol. The number of carbonyl (C=O) groups is 2. The number of esters is 2. The van der Waals surface area contributed by atoms with Crippen LogP contribution in [0.1, 0.15) is 53.2 Å². The van der Waals surface area contributed by atoms with E-state index in [0.717, 1.165) is 0 Å². The predicted octanol–water partition coefficient (Wildman–Crippen LogP) is 2.12. The standard InChI is InChI=1S/C16H22N4O4/c1-15(2,3)23-13(21)9(14(22)24-16(4,5)6)10-11-12(19-7-17-10)20-8-18-11/h7-9H,1-6H3,(H,17,18,19,20). The molecule has 2 aromatic heterocycles. The number of hydrogen-bond acceptors (Lipinski definition) is 7. The molecule has 0 fully saturated rings. The van der Waals surface area contributed by atoms with Crippen LogP contribution in [0, 0.1) is 0 Å². The molecule has 24 heavy (non-hydrogen) atoms. The third kappa shape index (κ3) is 4.27. The number of hydrogen-bond donors (Lipinski definition) is 1. The SMILES string of the molecule is CC(C)(C)OC(=O)C(C(=O)OC(C)(C)C)c1ncnc2nc[nH]c12. The Morgan fingerprint density at radius 2 is 1.50 bits per heavy atom. The lowest BCUT2D eigenvalue weighted by atomic mass is 10.0. The molecule has 8 nitrogen and oxygen atoms in total. The smallest absolute Gasteiger partial charge is 0.327 e. The number of carbonyl (C=O) groups excluding carboxylic acids is 2. The van der Waals surface area contributed by atoms with E-state index in [1.807, 2.05) is 0 Å². The number of nitrogens with zero attached hydrogens (tertiary/aromatic N) is 3. The van der Waals surface area contributed by atoms with E-state index >= 15 is 0 Å². The average molecular weight is 334 g/mol. The van der Waals surface area contributed by atoms with E-state index in [-0.39, 0.29) is 5.69 Å². The minimum Gasteiger partial charge on any atom is -0.459 e. The Morgan fingerprint density at radius 3 is 2.00 bits per heavy atom. The van der Waals surface area contributed by atoms with Crippen molar-refractivity contribution in [1.29, 1.82) is 0 Å². The number of fused-ring (bicyclic) bond motifs is 1. The van der Waals surface area contributed by atoms with Crippen LogP contribution in [0.25, 0.3) is 11.2 Å². The minimum atomic E-state index is -1.32. The Kier molecular flexibility index (Phi) is 4.59. The van der Waals surface area contributed by atoms with E-state index in [9.17, 15) is 9.59 Å². The summed E-state index contributed by atoms with van der Waals surface area (Å²) in [6, 6.07) is 0. The van der Waals surface area contributed by atoms with Crippen LogP contribution in [-0.2, 0) is 19.1 Å². The number of nitrogens with one attached hydrogen (secondary N) is 1. The molecule has 2 aromatic rings. The summed E-state index contributed by atoms with van der Waals surface area (Å²) in [5.41, 5.74) is -0.563. The first-order valence-corrected chi connectivity index (χ1v) is 7.57. The van der Waals surface area contributed by atoms with Gasteiger partial charge in [-0.05, 0) is 41.5 Å². The van der Waals surface area contributed by atoms with Gasteiger partial charge in [0.05, 0.1) is 12.0 Å². The van der Waals surface area contributed by atoms with Gasteiger partial charge in [-0.2, -0.15) is 0 Å². The minimum absolute atomic E-state index is 0.181. The van der Waals surface area contributed by atoms with Crippen LogP contribution in [-0.4, -0.2) is 43.1 Å². The fourth-order valence-corrected chi connectivity index (χ4v) is 2.04. The zero-order valence-corrected chi connectivity index (χ0v) is 14.7. The molecule has 0 aliphatic rings. The zero-order valence-electron chi connectivity index (χ0n) is 14.7. The van der Waals surface area contributed by atoms with E-state index < -0.39 is 29.1 Å². The summed E-state index contributed by atoms with van der Waals surface area (Å²) in [7, 11) is 0. The normalized spacial score (nSPS) is 12.5. The van der Waals surface area contributed by atoms with Crippen molar-refractivity contribution in [3.05, 3.63) is 18.3 Å². The molecule has 0 aliphatic carbocycles. The van der Waals surface area contributed by atoms with Crippen LogP contribution < -0.4 is 0 Å². The molecule has 0 saturated heterocycles. The molecule has 0 bridgehead atoms. The lowest BCUT2D eigenvalue weighted by Crippen LogP contribution is -2.36. The zero-order chi connectivity index (χ0) is 18.1. The number of H-pyrrole nitrogens is 1. The molecule has 0 unspecified atom stereocenters. The first-order valence-electron chi connectivity index (χ1n) is 7.57. The molecule has 0 spiro atoms. The maximum absolute atomic E-state index is 12.6. The van der Waals surface area contributed by atoms with Gasteiger partial charge >= 0.3 is 11.9 Å². The van der Waals surface area contributed by atoms with Gasteiger partial charge in [-0.25, -0.2) is 15.0 Å². The molecule has 0 aliphatic heterocycles. The second-order valence-electron chi connectivity index (χ2n) is 7.36. The van der Waals surface area contributed by atoms with Crippen LogP contribution in [0.15, 0.2) is 12.7 Å². The maximum Gasteiger partial charge on any atom is 0.327 e. The van der Waals surface area contributed by atoms with Gasteiger partial charge in [0, 0.05) is 0 Å². The summed E-state index contributed by atoms with van der Waals surface area (Å²) in [6.45, 7) is 10.4. The highest BCUT2D eigenvalue weighted by Gasteiger charge is 2.39. The highest BCUT2D eigenvalue weighted by Crippen LogP contribution is 2.26. The molecule has 1 N–H and O–H groups in total. The van der Waals surface area contributed by atoms with Gasteiger partial charge in [-0.1, -0.05) is 0 Å². The number of ether oxygens (including phenoxy) is 2. The summed E-state index contributed by atoms with van der Waals surface area (Å²) in [5, 5.41) is 0. The van der Waals surface area contributed by atoms with Crippen LogP contribution in [0.5, 0.6) is 0 Å². The van der Waals surface area contributed by atoms with Crippen molar-refractivity contribution in [3.63, 3.8) is 0 Å². The number of aromatic amines is 1. The Morgan fingerprint density at radius 1 is 0.958 bits per heavy atom. The third-order valence-electron chi connectivity index (χ3n) is 2.81. The summed E-state index contributed by atoms with van der Waals surface area (Å²) in [4.78, 5) is 40.2. The largest absolute Gasteiger partial charge is 0.459 e. The van der Waals surface area contributed by atoms with Crippen molar-refractivity contribution in [2.45, 2.75) is 58.7 Å². The lowest BCUT2D eigenvalue weighted by molar-refractivity contribution is -0.169. The van der Waals surface area contributed by atoms with E-state index in [1.165, 1.54) is 12.7 Å². The molecule has 0 aromatic carbocycles. The van der Waals surface area contributed by atoms with Gasteiger partial charge in [-0.3, -0.25) is 9.59 Å². The van der Waals surface area contributed by atoms with E-state index in [1.54, 1.807) is 41.5 Å². The number of imidazole rings is 1. The van der Waals surface area contributed by atoms with Crippen molar-refractivity contribution >= 4 is 23.1 Å². The molecular formula is C16H22N4O4. The molecule has 2 heterocycles. The Balaban J connectivity index is 2.48. The maximum atomic E-state index is 12.6. The van der Waals surface area contributed by atoms with Crippen molar-refractivity contribution in [2.24, 2.45) is 0 Å². The summed E-state index contributed by atoms with van der Waals surface area (Å²) >= 11 is 0. The number of aromatic nitrogens is 4. The Labute approximate surface area is 140 Å². The molecule has 0 amide bonds. The van der Waals surface area contributed by atoms with Gasteiger partial charge in [0.15, 0.2) is 11.6 Å². The topological polar surface area (TPSA) is 107 Å². The molecule has 2 rings (SSSR count). The Bertz CT molecular complexity index is 727. The molecule has 0 radical (unpaired) electrons. The lowest BCUT2D eigenvalue weighted by Gasteiger charge is -2.26.